The highest BCUT2D eigenvalue weighted by atomic mass is 16.5. The van der Waals surface area contributed by atoms with E-state index in [1.807, 2.05) is 0 Å². The lowest BCUT2D eigenvalue weighted by Gasteiger charge is -2.28. The first-order valence-electron chi connectivity index (χ1n) is 25.5. The molecule has 348 valence electrons. The van der Waals surface area contributed by atoms with E-state index in [0.717, 1.165) is 53.2 Å². The molecule has 0 amide bonds. The summed E-state index contributed by atoms with van der Waals surface area (Å²) in [6.45, 7) is 4.40. The Kier molecular flexibility index (Phi) is 12.0. The maximum absolute atomic E-state index is 6.25. The number of allylic oxidation sites excluding steroid dienone is 2. The first-order valence-corrected chi connectivity index (χ1v) is 25.5. The minimum Gasteiger partial charge on any atom is -0.496 e. The monoisotopic (exact) mass is 927 g/mol. The molecule has 0 heterocycles. The molecular weight excluding hydrogens is 871 g/mol. The van der Waals surface area contributed by atoms with Gasteiger partial charge in [-0.25, -0.2) is 0 Å². The Hall–Kier alpha value is -8.46. The quantitative estimate of drug-likeness (QED) is 0.120. The van der Waals surface area contributed by atoms with Gasteiger partial charge < -0.3 is 9.64 Å². The molecule has 2 aliphatic carbocycles. The first kappa shape index (κ1) is 44.7. The number of ether oxygens (including phenoxy) is 1. The molecule has 0 aromatic heterocycles. The van der Waals surface area contributed by atoms with E-state index in [0.29, 0.717) is 0 Å². The molecule has 0 fully saturated rings. The second kappa shape index (κ2) is 19.4. The van der Waals surface area contributed by atoms with Crippen LogP contribution in [0.3, 0.4) is 0 Å². The maximum Gasteiger partial charge on any atom is 0.128 e. The average Bonchev–Trinajstić information content (AvgIpc) is 3.73. The van der Waals surface area contributed by atoms with Crippen LogP contribution in [0.25, 0.3) is 56.0 Å². The molecule has 0 unspecified atom stereocenters. The predicted molar refractivity (Wildman–Crippen MR) is 306 cm³/mol. The maximum atomic E-state index is 6.25. The van der Waals surface area contributed by atoms with E-state index in [2.05, 4.69) is 249 Å². The number of nitrogens with zero attached hydrogens (tertiary/aromatic N) is 1. The highest BCUT2D eigenvalue weighted by Gasteiger charge is 2.24. The third-order valence-corrected chi connectivity index (χ3v) is 15.1. The van der Waals surface area contributed by atoms with Crippen molar-refractivity contribution in [2.45, 2.75) is 46.0 Å². The van der Waals surface area contributed by atoms with Crippen molar-refractivity contribution in [1.29, 1.82) is 0 Å². The molecule has 10 aromatic carbocycles. The SMILES string of the molecule is COc1cc(N(c2ccc(/C=C3\c4ccccc4-c4ccc(Cc5ccccc5)cc43)cc2)c2ccc3c(c2)CCCC3)ccc1/C=C/C=C(c1ccc(C)c2ccccc12)c1ccc(C)c2ccccc12. The lowest BCUT2D eigenvalue weighted by Crippen LogP contribution is -2.12. The van der Waals surface area contributed by atoms with Crippen LogP contribution in [0.15, 0.2) is 218 Å². The minimum atomic E-state index is 0.815. The number of anilines is 3. The van der Waals surface area contributed by atoms with E-state index >= 15 is 0 Å². The molecule has 0 atom stereocenters. The Morgan fingerprint density at radius 3 is 1.79 bits per heavy atom. The molecular formula is C70H57NO. The van der Waals surface area contributed by atoms with E-state index in [1.165, 1.54) is 112 Å². The summed E-state index contributed by atoms with van der Waals surface area (Å²) in [5.41, 5.74) is 23.6. The summed E-state index contributed by atoms with van der Waals surface area (Å²) in [6, 6.07) is 76.0. The summed E-state index contributed by atoms with van der Waals surface area (Å²) < 4.78 is 6.25. The van der Waals surface area contributed by atoms with E-state index < -0.39 is 0 Å². The molecule has 0 saturated carbocycles. The molecule has 0 saturated heterocycles. The van der Waals surface area contributed by atoms with Crippen LogP contribution in [-0.2, 0) is 19.3 Å². The zero-order valence-electron chi connectivity index (χ0n) is 41.3. The van der Waals surface area contributed by atoms with Crippen molar-refractivity contribution >= 4 is 61.9 Å². The summed E-state index contributed by atoms with van der Waals surface area (Å²) in [6.07, 6.45) is 14.7. The number of hydrogen-bond donors (Lipinski definition) is 0. The van der Waals surface area contributed by atoms with Gasteiger partial charge in [0, 0.05) is 28.7 Å². The van der Waals surface area contributed by atoms with Gasteiger partial charge in [-0.1, -0.05) is 182 Å². The van der Waals surface area contributed by atoms with Gasteiger partial charge in [-0.3, -0.25) is 0 Å². The Balaban J connectivity index is 0.916. The highest BCUT2D eigenvalue weighted by molar-refractivity contribution is 6.07. The molecule has 2 nitrogen and oxygen atoms in total. The van der Waals surface area contributed by atoms with Crippen molar-refractivity contribution in [3.8, 4) is 16.9 Å². The van der Waals surface area contributed by atoms with Crippen molar-refractivity contribution in [2.75, 3.05) is 12.0 Å². The fourth-order valence-corrected chi connectivity index (χ4v) is 11.4. The lowest BCUT2D eigenvalue weighted by molar-refractivity contribution is 0.414. The van der Waals surface area contributed by atoms with E-state index in [4.69, 9.17) is 4.74 Å². The summed E-state index contributed by atoms with van der Waals surface area (Å²) in [5, 5.41) is 5.04. The second-order valence-corrected chi connectivity index (χ2v) is 19.5. The van der Waals surface area contributed by atoms with Gasteiger partial charge in [-0.05, 0) is 193 Å². The zero-order chi connectivity index (χ0) is 48.5. The number of fused-ring (bicyclic) bond motifs is 6. The normalized spacial score (nSPS) is 13.3. The van der Waals surface area contributed by atoms with Crippen molar-refractivity contribution in [3.05, 3.63) is 285 Å². The topological polar surface area (TPSA) is 12.5 Å². The van der Waals surface area contributed by atoms with E-state index in [9.17, 15) is 0 Å². The van der Waals surface area contributed by atoms with Gasteiger partial charge in [0.25, 0.3) is 0 Å². The van der Waals surface area contributed by atoms with Gasteiger partial charge >= 0.3 is 0 Å². The van der Waals surface area contributed by atoms with Crippen LogP contribution < -0.4 is 9.64 Å². The molecule has 0 spiro atoms. The third kappa shape index (κ3) is 8.54. The van der Waals surface area contributed by atoms with Crippen molar-refractivity contribution < 1.29 is 4.74 Å². The first-order chi connectivity index (χ1) is 35.5. The molecule has 0 bridgehead atoms. The van der Waals surface area contributed by atoms with Crippen molar-refractivity contribution in [2.24, 2.45) is 0 Å². The van der Waals surface area contributed by atoms with Crippen LogP contribution in [0.4, 0.5) is 17.1 Å². The van der Waals surface area contributed by atoms with Crippen LogP contribution in [0.2, 0.25) is 0 Å². The average molecular weight is 928 g/mol. The van der Waals surface area contributed by atoms with E-state index in [-0.39, 0.29) is 0 Å². The number of methoxy groups -OCH3 is 1. The zero-order valence-corrected chi connectivity index (χ0v) is 41.3. The molecule has 0 radical (unpaired) electrons. The standard InChI is InChI=1S/C70H57NO/c1-47-28-39-65(60-23-11-9-21-58(47)60)63(66-40-29-48(2)59-22-10-12-24-61(59)66)27-15-20-53-34-38-57(46-70(53)72-3)71(56-37-33-52-18-7-8-19-54(52)45-56)55-35-30-50(31-36-55)43-68-64-26-14-13-25-62(64)67-41-32-51(44-69(67)68)42-49-16-5-4-6-17-49/h4-6,9-17,20-41,43-46H,7-8,18-19,42H2,1-3H3/b20-15+,68-43+. The van der Waals surface area contributed by atoms with Crippen LogP contribution in [0.5, 0.6) is 5.75 Å². The van der Waals surface area contributed by atoms with E-state index in [1.54, 1.807) is 7.11 Å². The number of aryl methyl sites for hydroxylation is 4. The van der Waals surface area contributed by atoms with Crippen LogP contribution >= 0.6 is 0 Å². The molecule has 10 aromatic rings. The number of benzene rings is 10. The fourth-order valence-electron chi connectivity index (χ4n) is 11.4. The summed E-state index contributed by atoms with van der Waals surface area (Å²) >= 11 is 0. The summed E-state index contributed by atoms with van der Waals surface area (Å²) in [4.78, 5) is 2.39. The summed E-state index contributed by atoms with van der Waals surface area (Å²) in [5.74, 6) is 0.815. The van der Waals surface area contributed by atoms with Gasteiger partial charge in [0.2, 0.25) is 0 Å². The van der Waals surface area contributed by atoms with Gasteiger partial charge in [0.15, 0.2) is 0 Å². The number of hydrogen-bond acceptors (Lipinski definition) is 2. The van der Waals surface area contributed by atoms with Gasteiger partial charge in [0.05, 0.1) is 7.11 Å². The Morgan fingerprint density at radius 2 is 1.08 bits per heavy atom. The molecule has 2 aliphatic rings. The van der Waals surface area contributed by atoms with Crippen molar-refractivity contribution in [3.63, 3.8) is 0 Å². The van der Waals surface area contributed by atoms with Crippen molar-refractivity contribution in [1.82, 2.24) is 0 Å². The van der Waals surface area contributed by atoms with Crippen LogP contribution in [-0.4, -0.2) is 7.11 Å². The summed E-state index contributed by atoms with van der Waals surface area (Å²) in [7, 11) is 1.78. The lowest BCUT2D eigenvalue weighted by atomic mass is 9.88. The van der Waals surface area contributed by atoms with Gasteiger partial charge in [0.1, 0.15) is 5.75 Å². The Morgan fingerprint density at radius 1 is 0.486 bits per heavy atom. The highest BCUT2D eigenvalue weighted by Crippen LogP contribution is 2.46. The molecule has 12 rings (SSSR count). The fraction of sp³-hybridized carbons (Fsp3) is 0.114. The van der Waals surface area contributed by atoms with Gasteiger partial charge in [-0.15, -0.1) is 0 Å². The molecule has 0 aliphatic heterocycles. The predicted octanol–water partition coefficient (Wildman–Crippen LogP) is 18.3. The molecule has 2 heteroatoms. The smallest absolute Gasteiger partial charge is 0.128 e. The minimum absolute atomic E-state index is 0.815. The third-order valence-electron chi connectivity index (χ3n) is 15.1. The Labute approximate surface area is 424 Å². The molecule has 0 N–H and O–H groups in total. The number of rotatable bonds is 11. The van der Waals surface area contributed by atoms with Crippen LogP contribution in [0, 0.1) is 13.8 Å². The Bertz CT molecular complexity index is 3690. The largest absolute Gasteiger partial charge is 0.496 e. The van der Waals surface area contributed by atoms with Crippen LogP contribution in [0.1, 0.15) is 79.6 Å². The molecule has 72 heavy (non-hydrogen) atoms. The second-order valence-electron chi connectivity index (χ2n) is 19.5. The van der Waals surface area contributed by atoms with Gasteiger partial charge in [-0.2, -0.15) is 0 Å².